The molecule has 0 bridgehead atoms. The van der Waals surface area contributed by atoms with Gasteiger partial charge in [0, 0.05) is 21.9 Å². The fourth-order valence-corrected chi connectivity index (χ4v) is 2.06. The molecule has 1 rings (SSSR count). The van der Waals surface area contributed by atoms with Gasteiger partial charge in [-0.15, -0.1) is 0 Å². The van der Waals surface area contributed by atoms with Crippen LogP contribution in [0.25, 0.3) is 0 Å². The maximum absolute atomic E-state index is 12.1. The molecule has 1 aromatic rings. The minimum atomic E-state index is -4.38. The monoisotopic (exact) mass is 268 g/mol. The molecule has 0 saturated heterocycles. The Bertz CT molecular complexity index is 404. The fourth-order valence-electron chi connectivity index (χ4n) is 1.12. The zero-order valence-corrected chi connectivity index (χ0v) is 9.84. The zero-order chi connectivity index (χ0) is 12.3. The molecule has 0 aromatic heterocycles. The van der Waals surface area contributed by atoms with Crippen molar-refractivity contribution < 1.29 is 18.0 Å². The molecule has 0 aliphatic rings. The molecule has 0 unspecified atom stereocenters. The van der Waals surface area contributed by atoms with Crippen LogP contribution in [0.1, 0.15) is 23.7 Å². The average Bonchev–Trinajstić information content (AvgIpc) is 2.12. The Morgan fingerprint density at radius 3 is 2.50 bits per heavy atom. The van der Waals surface area contributed by atoms with Gasteiger partial charge in [-0.3, -0.25) is 4.79 Å². The molecule has 0 amide bonds. The highest BCUT2D eigenvalue weighted by atomic mass is 35.5. The highest BCUT2D eigenvalue weighted by Crippen LogP contribution is 2.38. The molecule has 1 nitrogen and oxygen atoms in total. The van der Waals surface area contributed by atoms with Crippen LogP contribution in [0.3, 0.4) is 0 Å². The van der Waals surface area contributed by atoms with Crippen molar-refractivity contribution >= 4 is 29.1 Å². The number of Topliss-reactive ketones (excluding diaryl/α,β-unsaturated/α-hetero) is 1. The molecule has 0 aliphatic heterocycles. The molecule has 88 valence electrons. The Morgan fingerprint density at radius 2 is 2.00 bits per heavy atom. The van der Waals surface area contributed by atoms with E-state index in [1.807, 2.05) is 0 Å². The zero-order valence-electron chi connectivity index (χ0n) is 8.27. The van der Waals surface area contributed by atoms with Crippen molar-refractivity contribution in [3.05, 3.63) is 28.8 Å². The Labute approximate surface area is 100.0 Å². The van der Waals surface area contributed by atoms with Crippen LogP contribution in [0.5, 0.6) is 0 Å². The van der Waals surface area contributed by atoms with Crippen LogP contribution in [0.4, 0.5) is 13.2 Å². The molecule has 0 aliphatic carbocycles. The summed E-state index contributed by atoms with van der Waals surface area (Å²) in [6.45, 7) is 1.64. The molecule has 0 fully saturated rings. The number of alkyl halides is 3. The summed E-state index contributed by atoms with van der Waals surface area (Å²) >= 11 is 5.37. The first kappa shape index (κ1) is 13.4. The Morgan fingerprint density at radius 1 is 1.38 bits per heavy atom. The number of thioether (sulfide) groups is 1. The SMILES string of the molecule is CCC(=O)c1cc(Cl)cc(SC(F)(F)F)c1. The first-order chi connectivity index (χ1) is 7.31. The van der Waals surface area contributed by atoms with E-state index >= 15 is 0 Å². The van der Waals surface area contributed by atoms with Gasteiger partial charge in [0.15, 0.2) is 5.78 Å². The molecule has 0 radical (unpaired) electrons. The first-order valence-electron chi connectivity index (χ1n) is 4.41. The minimum Gasteiger partial charge on any atom is -0.294 e. The smallest absolute Gasteiger partial charge is 0.294 e. The lowest BCUT2D eigenvalue weighted by Gasteiger charge is -2.07. The van der Waals surface area contributed by atoms with E-state index in [1.165, 1.54) is 18.2 Å². The summed E-state index contributed by atoms with van der Waals surface area (Å²) in [6.07, 6.45) is 0.233. The van der Waals surface area contributed by atoms with Crippen molar-refractivity contribution in [3.8, 4) is 0 Å². The quantitative estimate of drug-likeness (QED) is 0.591. The summed E-state index contributed by atoms with van der Waals surface area (Å²) in [4.78, 5) is 11.3. The summed E-state index contributed by atoms with van der Waals surface area (Å²) in [5, 5.41) is 0.131. The van der Waals surface area contributed by atoms with E-state index in [-0.39, 0.29) is 39.4 Å². The molecule has 6 heteroatoms. The van der Waals surface area contributed by atoms with Crippen LogP contribution in [-0.4, -0.2) is 11.3 Å². The maximum Gasteiger partial charge on any atom is 0.446 e. The summed E-state index contributed by atoms with van der Waals surface area (Å²) < 4.78 is 36.4. The van der Waals surface area contributed by atoms with E-state index in [0.29, 0.717) is 0 Å². The van der Waals surface area contributed by atoms with E-state index < -0.39 is 5.51 Å². The summed E-state index contributed by atoms with van der Waals surface area (Å²) in [5.74, 6) is -0.230. The third-order valence-corrected chi connectivity index (χ3v) is 2.67. The standard InChI is InChI=1S/C10H8ClF3OS/c1-2-9(15)6-3-7(11)5-8(4-6)16-10(12,13)14/h3-5H,2H2,1H3. The number of hydrogen-bond acceptors (Lipinski definition) is 2. The lowest BCUT2D eigenvalue weighted by atomic mass is 10.1. The second kappa shape index (κ2) is 5.10. The number of ketones is 1. The van der Waals surface area contributed by atoms with Gasteiger partial charge in [-0.25, -0.2) is 0 Å². The number of halogens is 4. The van der Waals surface area contributed by atoms with Crippen LogP contribution in [0, 0.1) is 0 Å². The molecule has 16 heavy (non-hydrogen) atoms. The van der Waals surface area contributed by atoms with Crippen molar-refractivity contribution in [2.24, 2.45) is 0 Å². The van der Waals surface area contributed by atoms with Crippen molar-refractivity contribution in [1.29, 1.82) is 0 Å². The van der Waals surface area contributed by atoms with Crippen LogP contribution in [-0.2, 0) is 0 Å². The Hall–Kier alpha value is -0.680. The molecular weight excluding hydrogens is 261 g/mol. The van der Waals surface area contributed by atoms with E-state index in [0.717, 1.165) is 0 Å². The van der Waals surface area contributed by atoms with Crippen LogP contribution >= 0.6 is 23.4 Å². The molecule has 0 saturated carbocycles. The fraction of sp³-hybridized carbons (Fsp3) is 0.300. The summed E-state index contributed by atoms with van der Waals surface area (Å²) in [5.41, 5.74) is -4.17. The summed E-state index contributed by atoms with van der Waals surface area (Å²) in [6, 6.07) is 3.76. The highest BCUT2D eigenvalue weighted by molar-refractivity contribution is 8.00. The largest absolute Gasteiger partial charge is 0.446 e. The molecular formula is C10H8ClF3OS. The molecule has 0 atom stereocenters. The lowest BCUT2D eigenvalue weighted by molar-refractivity contribution is -0.0328. The number of rotatable bonds is 3. The van der Waals surface area contributed by atoms with E-state index in [2.05, 4.69) is 0 Å². The van der Waals surface area contributed by atoms with E-state index in [1.54, 1.807) is 6.92 Å². The predicted molar refractivity (Wildman–Crippen MR) is 58.0 cm³/mol. The van der Waals surface area contributed by atoms with Crippen LogP contribution in [0.15, 0.2) is 23.1 Å². The van der Waals surface area contributed by atoms with E-state index in [4.69, 9.17) is 11.6 Å². The third kappa shape index (κ3) is 4.06. The van der Waals surface area contributed by atoms with Crippen molar-refractivity contribution in [1.82, 2.24) is 0 Å². The van der Waals surface area contributed by atoms with Gasteiger partial charge in [0.1, 0.15) is 0 Å². The van der Waals surface area contributed by atoms with Gasteiger partial charge < -0.3 is 0 Å². The normalized spacial score (nSPS) is 11.6. The lowest BCUT2D eigenvalue weighted by Crippen LogP contribution is -2.01. The van der Waals surface area contributed by atoms with Gasteiger partial charge in [-0.1, -0.05) is 18.5 Å². The average molecular weight is 269 g/mol. The predicted octanol–water partition coefficient (Wildman–Crippen LogP) is 4.54. The van der Waals surface area contributed by atoms with Gasteiger partial charge >= 0.3 is 5.51 Å². The number of carbonyl (C=O) groups excluding carboxylic acids is 1. The second-order valence-electron chi connectivity index (χ2n) is 3.00. The number of benzene rings is 1. The topological polar surface area (TPSA) is 17.1 Å². The Balaban J connectivity index is 3.03. The molecule has 0 spiro atoms. The highest BCUT2D eigenvalue weighted by Gasteiger charge is 2.29. The first-order valence-corrected chi connectivity index (χ1v) is 5.61. The minimum absolute atomic E-state index is 0.0724. The van der Waals surface area contributed by atoms with Crippen molar-refractivity contribution in [3.63, 3.8) is 0 Å². The maximum atomic E-state index is 12.1. The Kier molecular flexibility index (Phi) is 4.27. The third-order valence-electron chi connectivity index (χ3n) is 1.75. The van der Waals surface area contributed by atoms with Crippen LogP contribution < -0.4 is 0 Å². The van der Waals surface area contributed by atoms with Gasteiger partial charge in [-0.2, -0.15) is 13.2 Å². The van der Waals surface area contributed by atoms with Gasteiger partial charge in [0.2, 0.25) is 0 Å². The molecule has 0 heterocycles. The van der Waals surface area contributed by atoms with E-state index in [9.17, 15) is 18.0 Å². The van der Waals surface area contributed by atoms with Crippen LogP contribution in [0.2, 0.25) is 5.02 Å². The van der Waals surface area contributed by atoms with Gasteiger partial charge in [0.25, 0.3) is 0 Å². The van der Waals surface area contributed by atoms with Gasteiger partial charge in [-0.05, 0) is 30.0 Å². The number of hydrogen-bond donors (Lipinski definition) is 0. The van der Waals surface area contributed by atoms with Crippen molar-refractivity contribution in [2.75, 3.05) is 0 Å². The number of carbonyl (C=O) groups is 1. The van der Waals surface area contributed by atoms with Crippen molar-refractivity contribution in [2.45, 2.75) is 23.7 Å². The second-order valence-corrected chi connectivity index (χ2v) is 4.58. The molecule has 0 N–H and O–H groups in total. The van der Waals surface area contributed by atoms with Gasteiger partial charge in [0.05, 0.1) is 0 Å². The summed E-state index contributed by atoms with van der Waals surface area (Å²) in [7, 11) is 0. The molecule has 1 aromatic carbocycles.